The van der Waals surface area contributed by atoms with E-state index in [2.05, 4.69) is 14.8 Å². The smallest absolute Gasteiger partial charge is 0.349 e. The Morgan fingerprint density at radius 2 is 1.72 bits per heavy atom. The summed E-state index contributed by atoms with van der Waals surface area (Å²) in [6.45, 7) is -0.463. The maximum absolute atomic E-state index is 13.0. The summed E-state index contributed by atoms with van der Waals surface area (Å²) < 4.78 is 35.1. The molecule has 0 atom stereocenters. The summed E-state index contributed by atoms with van der Waals surface area (Å²) >= 11 is 12.7. The summed E-state index contributed by atoms with van der Waals surface area (Å²) in [7, 11) is -4.02. The maximum Gasteiger partial charge on any atom is 0.349 e. The quantitative estimate of drug-likeness (QED) is 0.307. The first-order chi connectivity index (χ1) is 17.2. The number of aliphatic hydroxyl groups is 1. The molecule has 0 bridgehead atoms. The first-order valence-electron chi connectivity index (χ1n) is 10.3. The third-order valence-corrected chi connectivity index (χ3v) is 7.01. The fraction of sp³-hybridized carbons (Fsp3) is 0.0870. The van der Waals surface area contributed by atoms with E-state index in [4.69, 9.17) is 27.9 Å². The zero-order valence-electron chi connectivity index (χ0n) is 18.3. The number of aromatic amines is 1. The van der Waals surface area contributed by atoms with Crippen molar-refractivity contribution < 1.29 is 18.3 Å². The molecular formula is C23H18Cl2N4O6S. The van der Waals surface area contributed by atoms with Crippen LogP contribution < -0.4 is 20.7 Å². The molecule has 13 heteroatoms. The predicted molar refractivity (Wildman–Crippen MR) is 133 cm³/mol. The van der Waals surface area contributed by atoms with Gasteiger partial charge in [0.2, 0.25) is 10.0 Å². The zero-order chi connectivity index (χ0) is 25.9. The lowest BCUT2D eigenvalue weighted by Gasteiger charge is -2.15. The molecule has 3 aromatic carbocycles. The van der Waals surface area contributed by atoms with Gasteiger partial charge in [0.05, 0.1) is 27.2 Å². The molecule has 0 aliphatic heterocycles. The maximum atomic E-state index is 13.0. The van der Waals surface area contributed by atoms with Crippen LogP contribution in [0.25, 0.3) is 5.69 Å². The van der Waals surface area contributed by atoms with Crippen molar-refractivity contribution in [3.05, 3.63) is 109 Å². The van der Waals surface area contributed by atoms with Crippen LogP contribution in [0.15, 0.2) is 81.3 Å². The summed E-state index contributed by atoms with van der Waals surface area (Å²) in [5, 5.41) is 13.4. The molecule has 3 N–H and O–H groups in total. The third-order valence-electron chi connectivity index (χ3n) is 4.97. The largest absolute Gasteiger partial charge is 0.454 e. The number of aromatic nitrogens is 3. The van der Waals surface area contributed by atoms with E-state index in [1.54, 1.807) is 24.3 Å². The topological polar surface area (TPSA) is 143 Å². The molecule has 0 aliphatic carbocycles. The average Bonchev–Trinajstić information content (AvgIpc) is 2.85. The number of rotatable bonds is 8. The van der Waals surface area contributed by atoms with Crippen LogP contribution in [0.1, 0.15) is 11.1 Å². The molecule has 0 fully saturated rings. The summed E-state index contributed by atoms with van der Waals surface area (Å²) in [6, 6.07) is 15.8. The van der Waals surface area contributed by atoms with Crippen molar-refractivity contribution in [2.45, 2.75) is 18.0 Å². The number of halogens is 2. The van der Waals surface area contributed by atoms with Crippen molar-refractivity contribution in [1.29, 1.82) is 0 Å². The first kappa shape index (κ1) is 25.6. The van der Waals surface area contributed by atoms with Gasteiger partial charge in [0.1, 0.15) is 11.9 Å². The van der Waals surface area contributed by atoms with Gasteiger partial charge in [-0.15, -0.1) is 0 Å². The Bertz CT molecular complexity index is 1620. The lowest BCUT2D eigenvalue weighted by molar-refractivity contribution is 0.278. The fourth-order valence-corrected chi connectivity index (χ4v) is 5.07. The number of benzene rings is 3. The van der Waals surface area contributed by atoms with Crippen molar-refractivity contribution in [2.75, 3.05) is 0 Å². The Kier molecular flexibility index (Phi) is 7.57. The highest BCUT2D eigenvalue weighted by Crippen LogP contribution is 2.38. The molecular weight excluding hydrogens is 531 g/mol. The number of hydrogen-bond donors (Lipinski definition) is 3. The molecule has 186 valence electrons. The zero-order valence-corrected chi connectivity index (χ0v) is 20.6. The molecule has 0 spiro atoms. The predicted octanol–water partition coefficient (Wildman–Crippen LogP) is 2.99. The highest BCUT2D eigenvalue weighted by atomic mass is 35.5. The lowest BCUT2D eigenvalue weighted by atomic mass is 10.2. The number of sulfonamides is 1. The number of aliphatic hydroxyl groups excluding tert-OH is 1. The number of H-pyrrole nitrogens is 1. The monoisotopic (exact) mass is 548 g/mol. The molecule has 0 radical (unpaired) electrons. The molecule has 0 saturated heterocycles. The van der Waals surface area contributed by atoms with Crippen LogP contribution in [-0.2, 0) is 23.2 Å². The molecule has 1 heterocycles. The van der Waals surface area contributed by atoms with E-state index >= 15 is 0 Å². The van der Waals surface area contributed by atoms with E-state index in [-0.39, 0.29) is 44.2 Å². The summed E-state index contributed by atoms with van der Waals surface area (Å²) in [5.74, 6) is 0.0834. The molecule has 10 nitrogen and oxygen atoms in total. The lowest BCUT2D eigenvalue weighted by Crippen LogP contribution is -2.30. The van der Waals surface area contributed by atoms with Crippen molar-refractivity contribution in [2.24, 2.45) is 0 Å². The van der Waals surface area contributed by atoms with E-state index < -0.39 is 27.9 Å². The van der Waals surface area contributed by atoms with Crippen LogP contribution in [-0.4, -0.2) is 28.3 Å². The molecule has 0 unspecified atom stereocenters. The SMILES string of the molecule is O=c1cnn(-c2cc(Cl)c(Oc3ccc(CO)c(S(=O)(=O)NCc4ccccc4)c3)c(Cl)c2)c(=O)[nH]1. The van der Waals surface area contributed by atoms with Gasteiger partial charge >= 0.3 is 5.69 Å². The Morgan fingerprint density at radius 1 is 1.03 bits per heavy atom. The van der Waals surface area contributed by atoms with E-state index in [1.807, 2.05) is 6.07 Å². The standard InChI is InChI=1S/C23H18Cl2N4O6S/c24-18-8-16(29-23(32)28-21(31)12-26-29)9-19(25)22(18)35-17-7-6-15(13-30)20(10-17)36(33,34)27-11-14-4-2-1-3-5-14/h1-10,12,27,30H,11,13H2,(H,28,31,32). The molecule has 0 saturated carbocycles. The molecule has 0 amide bonds. The van der Waals surface area contributed by atoms with Crippen LogP contribution in [0, 0.1) is 0 Å². The van der Waals surface area contributed by atoms with E-state index in [0.29, 0.717) is 0 Å². The van der Waals surface area contributed by atoms with E-state index in [9.17, 15) is 23.1 Å². The molecule has 36 heavy (non-hydrogen) atoms. The first-order valence-corrected chi connectivity index (χ1v) is 12.5. The number of hydrogen-bond acceptors (Lipinski definition) is 7. The van der Waals surface area contributed by atoms with Crippen LogP contribution in [0.2, 0.25) is 10.0 Å². The Hall–Kier alpha value is -3.48. The third kappa shape index (κ3) is 5.66. The van der Waals surface area contributed by atoms with Crippen LogP contribution in [0.3, 0.4) is 0 Å². The van der Waals surface area contributed by atoms with Gasteiger partial charge in [-0.3, -0.25) is 9.78 Å². The van der Waals surface area contributed by atoms with Gasteiger partial charge in [-0.05, 0) is 29.3 Å². The minimum Gasteiger partial charge on any atom is -0.454 e. The van der Waals surface area contributed by atoms with Gasteiger partial charge < -0.3 is 9.84 Å². The molecule has 4 rings (SSSR count). The van der Waals surface area contributed by atoms with Gasteiger partial charge in [0, 0.05) is 12.6 Å². The number of nitrogens with one attached hydrogen (secondary N) is 2. The highest BCUT2D eigenvalue weighted by Gasteiger charge is 2.21. The van der Waals surface area contributed by atoms with Crippen LogP contribution in [0.4, 0.5) is 0 Å². The van der Waals surface area contributed by atoms with Crippen molar-refractivity contribution in [3.8, 4) is 17.2 Å². The van der Waals surface area contributed by atoms with Crippen molar-refractivity contribution in [3.63, 3.8) is 0 Å². The molecule has 4 aromatic rings. The Labute approximate surface area is 214 Å². The number of ether oxygens (including phenoxy) is 1. The highest BCUT2D eigenvalue weighted by molar-refractivity contribution is 7.89. The van der Waals surface area contributed by atoms with Crippen LogP contribution in [0.5, 0.6) is 11.5 Å². The van der Waals surface area contributed by atoms with Gasteiger partial charge in [0.15, 0.2) is 5.75 Å². The van der Waals surface area contributed by atoms with E-state index in [1.165, 1.54) is 30.3 Å². The molecule has 1 aromatic heterocycles. The minimum atomic E-state index is -4.02. The van der Waals surface area contributed by atoms with Crippen LogP contribution >= 0.6 is 23.2 Å². The van der Waals surface area contributed by atoms with E-state index in [0.717, 1.165) is 16.4 Å². The summed E-state index contributed by atoms with van der Waals surface area (Å²) in [4.78, 5) is 25.2. The second-order valence-electron chi connectivity index (χ2n) is 7.43. The normalized spacial score (nSPS) is 11.4. The van der Waals surface area contributed by atoms with Gasteiger partial charge in [0.25, 0.3) is 5.56 Å². The average molecular weight is 549 g/mol. The van der Waals surface area contributed by atoms with Crippen molar-refractivity contribution in [1.82, 2.24) is 19.5 Å². The summed E-state index contributed by atoms with van der Waals surface area (Å²) in [6.07, 6.45) is 0.921. The fourth-order valence-electron chi connectivity index (χ4n) is 3.25. The molecule has 0 aliphatic rings. The minimum absolute atomic E-state index is 0.00287. The second-order valence-corrected chi connectivity index (χ2v) is 9.98. The second kappa shape index (κ2) is 10.6. The number of nitrogens with zero attached hydrogens (tertiary/aromatic N) is 2. The Morgan fingerprint density at radius 3 is 2.36 bits per heavy atom. The van der Waals surface area contributed by atoms with Gasteiger partial charge in [-0.2, -0.15) is 9.78 Å². The van der Waals surface area contributed by atoms with Gasteiger partial charge in [-0.1, -0.05) is 59.6 Å². The van der Waals surface area contributed by atoms with Gasteiger partial charge in [-0.25, -0.2) is 17.9 Å². The van der Waals surface area contributed by atoms with Crippen molar-refractivity contribution >= 4 is 33.2 Å². The Balaban J connectivity index is 1.64. The summed E-state index contributed by atoms with van der Waals surface area (Å²) in [5.41, 5.74) is -0.361.